The molecule has 0 unspecified atom stereocenters. The smallest absolute Gasteiger partial charge is 0.292 e. The molecule has 0 bridgehead atoms. The predicted molar refractivity (Wildman–Crippen MR) is 46.8 cm³/mol. The Bertz CT molecular complexity index is 135. The second kappa shape index (κ2) is 4.45. The highest BCUT2D eigenvalue weighted by Gasteiger charge is 2.42. The molecule has 0 atom stereocenters. The van der Waals surface area contributed by atoms with Gasteiger partial charge in [0, 0.05) is 0 Å². The van der Waals surface area contributed by atoms with Crippen LogP contribution in [0.3, 0.4) is 0 Å². The van der Waals surface area contributed by atoms with Gasteiger partial charge in [-0.1, -0.05) is 0 Å². The largest absolute Gasteiger partial charge is 0.471 e. The van der Waals surface area contributed by atoms with E-state index in [1.165, 1.54) is 45.9 Å². The Morgan fingerprint density at radius 1 is 1.25 bits per heavy atom. The third-order valence-corrected chi connectivity index (χ3v) is 2.72. The molecule has 70 valence electrons. The van der Waals surface area contributed by atoms with Crippen molar-refractivity contribution in [3.63, 3.8) is 0 Å². The minimum Gasteiger partial charge on any atom is -0.471 e. The van der Waals surface area contributed by atoms with E-state index in [1.807, 2.05) is 0 Å². The average Bonchev–Trinajstić information content (AvgIpc) is 2.87. The number of hydrogen-bond acceptors (Lipinski definition) is 3. The molecule has 0 aromatic carbocycles. The highest BCUT2D eigenvalue weighted by molar-refractivity contribution is 5.36. The van der Waals surface area contributed by atoms with E-state index < -0.39 is 0 Å². The van der Waals surface area contributed by atoms with Gasteiger partial charge in [0.25, 0.3) is 6.47 Å². The summed E-state index contributed by atoms with van der Waals surface area (Å²) in [4.78, 5) is 8.95. The second-order valence-corrected chi connectivity index (χ2v) is 3.58. The number of carbonyl (C=O) groups excluding carboxylic acids is 1. The Morgan fingerprint density at radius 2 is 1.75 bits per heavy atom. The van der Waals surface area contributed by atoms with E-state index in [-0.39, 0.29) is 0 Å². The van der Waals surface area contributed by atoms with E-state index in [1.54, 1.807) is 0 Å². The van der Waals surface area contributed by atoms with Gasteiger partial charge in [0.1, 0.15) is 0 Å². The fourth-order valence-electron chi connectivity index (χ4n) is 1.63. The van der Waals surface area contributed by atoms with Crippen molar-refractivity contribution in [2.24, 2.45) is 5.41 Å². The van der Waals surface area contributed by atoms with Crippen molar-refractivity contribution in [1.82, 2.24) is 5.32 Å². The Balaban J connectivity index is 0.000000157. The van der Waals surface area contributed by atoms with Gasteiger partial charge in [0.2, 0.25) is 0 Å². The van der Waals surface area contributed by atoms with Gasteiger partial charge in [-0.05, 0) is 44.2 Å². The summed E-state index contributed by atoms with van der Waals surface area (Å²) < 4.78 is 3.86. The number of ether oxygens (including phenoxy) is 1. The van der Waals surface area contributed by atoms with E-state index in [0.717, 1.165) is 5.41 Å². The van der Waals surface area contributed by atoms with Gasteiger partial charge in [0.15, 0.2) is 0 Å². The van der Waals surface area contributed by atoms with Crippen molar-refractivity contribution in [2.45, 2.75) is 25.7 Å². The highest BCUT2D eigenvalue weighted by atomic mass is 16.5. The van der Waals surface area contributed by atoms with Crippen molar-refractivity contribution in [3.8, 4) is 0 Å². The van der Waals surface area contributed by atoms with Crippen LogP contribution in [0.2, 0.25) is 0 Å². The van der Waals surface area contributed by atoms with Crippen LogP contribution in [0.4, 0.5) is 0 Å². The first-order valence-electron chi connectivity index (χ1n) is 4.50. The Labute approximate surface area is 73.5 Å². The predicted octanol–water partition coefficient (Wildman–Crippen LogP) is 0.939. The van der Waals surface area contributed by atoms with Gasteiger partial charge < -0.3 is 10.1 Å². The summed E-state index contributed by atoms with van der Waals surface area (Å²) >= 11 is 0. The van der Waals surface area contributed by atoms with Gasteiger partial charge in [0.05, 0.1) is 7.11 Å². The highest BCUT2D eigenvalue weighted by Crippen LogP contribution is 2.52. The van der Waals surface area contributed by atoms with Crippen molar-refractivity contribution in [1.29, 1.82) is 0 Å². The Morgan fingerprint density at radius 3 is 2.00 bits per heavy atom. The van der Waals surface area contributed by atoms with Crippen molar-refractivity contribution in [2.75, 3.05) is 20.2 Å². The number of hydrogen-bond donors (Lipinski definition) is 1. The van der Waals surface area contributed by atoms with Crippen LogP contribution in [0.25, 0.3) is 0 Å². The van der Waals surface area contributed by atoms with Gasteiger partial charge in [-0.25, -0.2) is 0 Å². The van der Waals surface area contributed by atoms with Crippen molar-refractivity contribution >= 4 is 6.47 Å². The van der Waals surface area contributed by atoms with Gasteiger partial charge in [-0.2, -0.15) is 0 Å². The quantitative estimate of drug-likeness (QED) is 0.597. The van der Waals surface area contributed by atoms with E-state index in [4.69, 9.17) is 4.79 Å². The first-order valence-corrected chi connectivity index (χ1v) is 4.50. The van der Waals surface area contributed by atoms with Crippen molar-refractivity contribution < 1.29 is 9.53 Å². The average molecular weight is 171 g/mol. The monoisotopic (exact) mass is 171 g/mol. The van der Waals surface area contributed by atoms with E-state index >= 15 is 0 Å². The summed E-state index contributed by atoms with van der Waals surface area (Å²) in [5, 5.41) is 3.38. The second-order valence-electron chi connectivity index (χ2n) is 3.58. The van der Waals surface area contributed by atoms with Crippen LogP contribution in [-0.2, 0) is 9.53 Å². The summed E-state index contributed by atoms with van der Waals surface area (Å²) in [7, 11) is 1.31. The van der Waals surface area contributed by atoms with Crippen molar-refractivity contribution in [3.05, 3.63) is 0 Å². The number of rotatable bonds is 1. The number of carbonyl (C=O) groups is 1. The van der Waals surface area contributed by atoms with Crippen LogP contribution in [-0.4, -0.2) is 26.7 Å². The molecule has 1 N–H and O–H groups in total. The third kappa shape index (κ3) is 2.81. The molecule has 3 nitrogen and oxygen atoms in total. The van der Waals surface area contributed by atoms with Crippen LogP contribution in [0.5, 0.6) is 0 Å². The van der Waals surface area contributed by atoms with Crippen LogP contribution in [0.15, 0.2) is 0 Å². The molecule has 1 aliphatic heterocycles. The minimum absolute atomic E-state index is 0.375. The molecule has 3 heteroatoms. The summed E-state index contributed by atoms with van der Waals surface area (Å²) in [6.07, 6.45) is 5.95. The molecular formula is C9H17NO2. The summed E-state index contributed by atoms with van der Waals surface area (Å²) in [6.45, 7) is 2.93. The first-order chi connectivity index (χ1) is 5.83. The van der Waals surface area contributed by atoms with Gasteiger partial charge >= 0.3 is 0 Å². The van der Waals surface area contributed by atoms with Crippen LogP contribution in [0, 0.1) is 5.41 Å². The topological polar surface area (TPSA) is 38.3 Å². The van der Waals surface area contributed by atoms with E-state index in [2.05, 4.69) is 10.1 Å². The molecular weight excluding hydrogens is 154 g/mol. The maximum Gasteiger partial charge on any atom is 0.292 e. The molecule has 2 rings (SSSR count). The number of methoxy groups -OCH3 is 1. The maximum atomic E-state index is 8.95. The number of piperidine rings is 1. The molecule has 0 aromatic rings. The molecule has 12 heavy (non-hydrogen) atoms. The molecule has 1 aliphatic carbocycles. The molecule has 1 heterocycles. The fraction of sp³-hybridized carbons (Fsp3) is 0.889. The van der Waals surface area contributed by atoms with Gasteiger partial charge in [-0.15, -0.1) is 0 Å². The molecule has 1 spiro atoms. The molecule has 1 saturated carbocycles. The first kappa shape index (κ1) is 9.52. The Hall–Kier alpha value is -0.570. The minimum atomic E-state index is 0.375. The Kier molecular flexibility index (Phi) is 3.53. The molecule has 2 fully saturated rings. The van der Waals surface area contributed by atoms with Crippen LogP contribution in [0.1, 0.15) is 25.7 Å². The standard InChI is InChI=1S/C7H13N.C2H4O2/c1-2-7(1)3-5-8-6-4-7;1-4-2-3/h8H,1-6H2;2H,1H3. The molecule has 0 amide bonds. The molecule has 0 radical (unpaired) electrons. The molecule has 0 aromatic heterocycles. The lowest BCUT2D eigenvalue weighted by atomic mass is 9.95. The summed E-state index contributed by atoms with van der Waals surface area (Å²) in [6, 6.07) is 0. The zero-order chi connectivity index (χ0) is 8.86. The summed E-state index contributed by atoms with van der Waals surface area (Å²) in [5.41, 5.74) is 0.866. The molecule has 1 saturated heterocycles. The van der Waals surface area contributed by atoms with E-state index in [0.29, 0.717) is 6.47 Å². The maximum absolute atomic E-state index is 8.95. The lowest BCUT2D eigenvalue weighted by molar-refractivity contribution is -0.126. The fourth-order valence-corrected chi connectivity index (χ4v) is 1.63. The zero-order valence-corrected chi connectivity index (χ0v) is 7.64. The lowest BCUT2D eigenvalue weighted by Gasteiger charge is -2.20. The van der Waals surface area contributed by atoms with E-state index in [9.17, 15) is 0 Å². The third-order valence-electron chi connectivity index (χ3n) is 2.72. The normalized spacial score (nSPS) is 23.8. The van der Waals surface area contributed by atoms with Gasteiger partial charge in [-0.3, -0.25) is 4.79 Å². The SMILES string of the molecule is C1CC2(CCN1)CC2.COC=O. The molecule has 2 aliphatic rings. The number of nitrogens with one attached hydrogen (secondary N) is 1. The lowest BCUT2D eigenvalue weighted by Crippen LogP contribution is -2.28. The zero-order valence-electron chi connectivity index (χ0n) is 7.64. The van der Waals surface area contributed by atoms with Crippen LogP contribution >= 0.6 is 0 Å². The summed E-state index contributed by atoms with van der Waals surface area (Å²) in [5.74, 6) is 0. The van der Waals surface area contributed by atoms with Crippen LogP contribution < -0.4 is 5.32 Å².